The van der Waals surface area contributed by atoms with E-state index < -0.39 is 0 Å². The second kappa shape index (κ2) is 7.07. The first-order valence-corrected chi connectivity index (χ1v) is 8.00. The number of nitrogens with two attached hydrogens (primary N) is 1. The molecule has 0 aliphatic rings. The molecule has 1 unspecified atom stereocenters. The predicted octanol–water partition coefficient (Wildman–Crippen LogP) is 3.33. The lowest BCUT2D eigenvalue weighted by molar-refractivity contribution is 0.528. The fourth-order valence-corrected chi connectivity index (χ4v) is 2.87. The quantitative estimate of drug-likeness (QED) is 0.872. The van der Waals surface area contributed by atoms with E-state index in [9.17, 15) is 0 Å². The van der Waals surface area contributed by atoms with E-state index in [1.807, 2.05) is 24.3 Å². The minimum Gasteiger partial charge on any atom is -0.420 e. The standard InChI is InChI=1S/C13H16BrN3OS/c1-9(6-15)7-19-8-12-16-17-13(18-12)10-4-2-3-5-11(10)14/h2-5,9H,6-8,15H2,1H3. The van der Waals surface area contributed by atoms with E-state index in [0.717, 1.165) is 21.5 Å². The lowest BCUT2D eigenvalue weighted by Gasteiger charge is -2.05. The molecule has 1 aromatic heterocycles. The number of nitrogens with zero attached hydrogens (tertiary/aromatic N) is 2. The SMILES string of the molecule is CC(CN)CSCc1nnc(-c2ccccc2Br)o1. The Labute approximate surface area is 125 Å². The van der Waals surface area contributed by atoms with Gasteiger partial charge in [0.15, 0.2) is 0 Å². The minimum absolute atomic E-state index is 0.510. The van der Waals surface area contributed by atoms with E-state index in [0.29, 0.717) is 24.2 Å². The van der Waals surface area contributed by atoms with E-state index in [-0.39, 0.29) is 0 Å². The largest absolute Gasteiger partial charge is 0.420 e. The fourth-order valence-electron chi connectivity index (χ4n) is 1.47. The Morgan fingerprint density at radius 1 is 1.37 bits per heavy atom. The maximum absolute atomic E-state index is 5.66. The summed E-state index contributed by atoms with van der Waals surface area (Å²) in [5.41, 5.74) is 6.50. The molecule has 1 aromatic carbocycles. The first-order valence-electron chi connectivity index (χ1n) is 6.05. The first-order chi connectivity index (χ1) is 9.20. The van der Waals surface area contributed by atoms with Crippen molar-refractivity contribution < 1.29 is 4.42 Å². The predicted molar refractivity (Wildman–Crippen MR) is 81.8 cm³/mol. The zero-order valence-electron chi connectivity index (χ0n) is 10.7. The van der Waals surface area contributed by atoms with E-state index in [1.165, 1.54) is 0 Å². The van der Waals surface area contributed by atoms with E-state index in [2.05, 4.69) is 33.1 Å². The summed E-state index contributed by atoms with van der Waals surface area (Å²) < 4.78 is 6.62. The average molecular weight is 342 g/mol. The van der Waals surface area contributed by atoms with Gasteiger partial charge in [0, 0.05) is 4.47 Å². The van der Waals surface area contributed by atoms with Gasteiger partial charge in [-0.25, -0.2) is 0 Å². The molecular formula is C13H16BrN3OS. The highest BCUT2D eigenvalue weighted by Crippen LogP contribution is 2.27. The molecule has 1 heterocycles. The van der Waals surface area contributed by atoms with Gasteiger partial charge >= 0.3 is 0 Å². The van der Waals surface area contributed by atoms with E-state index >= 15 is 0 Å². The van der Waals surface area contributed by atoms with Crippen LogP contribution in [0.15, 0.2) is 33.2 Å². The molecule has 1 atom stereocenters. The molecule has 0 saturated heterocycles. The zero-order valence-corrected chi connectivity index (χ0v) is 13.1. The van der Waals surface area contributed by atoms with Crippen molar-refractivity contribution in [1.29, 1.82) is 0 Å². The lowest BCUT2D eigenvalue weighted by atomic mass is 10.2. The second-order valence-electron chi connectivity index (χ2n) is 4.34. The van der Waals surface area contributed by atoms with Gasteiger partial charge in [-0.1, -0.05) is 19.1 Å². The van der Waals surface area contributed by atoms with Crippen LogP contribution in [0.25, 0.3) is 11.5 Å². The molecule has 2 rings (SSSR count). The van der Waals surface area contributed by atoms with Crippen molar-refractivity contribution >= 4 is 27.7 Å². The number of halogens is 1. The van der Waals surface area contributed by atoms with Crippen LogP contribution in [-0.2, 0) is 5.75 Å². The molecule has 19 heavy (non-hydrogen) atoms. The van der Waals surface area contributed by atoms with Crippen molar-refractivity contribution in [2.75, 3.05) is 12.3 Å². The van der Waals surface area contributed by atoms with Gasteiger partial charge in [0.1, 0.15) is 0 Å². The van der Waals surface area contributed by atoms with Crippen LogP contribution in [0, 0.1) is 5.92 Å². The Kier molecular flexibility index (Phi) is 5.42. The molecular weight excluding hydrogens is 326 g/mol. The molecule has 102 valence electrons. The molecule has 0 spiro atoms. The molecule has 2 aromatic rings. The van der Waals surface area contributed by atoms with Crippen LogP contribution in [0.2, 0.25) is 0 Å². The molecule has 0 amide bonds. The van der Waals surface area contributed by atoms with Crippen LogP contribution in [0.5, 0.6) is 0 Å². The van der Waals surface area contributed by atoms with Gasteiger partial charge in [0.25, 0.3) is 0 Å². The summed E-state index contributed by atoms with van der Waals surface area (Å²) in [6, 6.07) is 7.80. The van der Waals surface area contributed by atoms with E-state index in [4.69, 9.17) is 10.2 Å². The molecule has 0 fully saturated rings. The molecule has 6 heteroatoms. The van der Waals surface area contributed by atoms with Gasteiger partial charge in [-0.2, -0.15) is 11.8 Å². The van der Waals surface area contributed by atoms with Crippen molar-refractivity contribution in [3.05, 3.63) is 34.6 Å². The van der Waals surface area contributed by atoms with E-state index in [1.54, 1.807) is 11.8 Å². The minimum atomic E-state index is 0.510. The lowest BCUT2D eigenvalue weighted by Crippen LogP contribution is -2.12. The van der Waals surface area contributed by atoms with Gasteiger partial charge in [-0.05, 0) is 46.3 Å². The Hall–Kier alpha value is -0.850. The van der Waals surface area contributed by atoms with Gasteiger partial charge < -0.3 is 10.2 Å². The highest BCUT2D eigenvalue weighted by Gasteiger charge is 2.11. The van der Waals surface area contributed by atoms with Gasteiger partial charge in [0.05, 0.1) is 11.3 Å². The summed E-state index contributed by atoms with van der Waals surface area (Å²) >= 11 is 5.24. The van der Waals surface area contributed by atoms with Crippen molar-refractivity contribution in [3.63, 3.8) is 0 Å². The van der Waals surface area contributed by atoms with Crippen LogP contribution in [0.3, 0.4) is 0 Å². The third-order valence-electron chi connectivity index (χ3n) is 2.60. The van der Waals surface area contributed by atoms with Crippen molar-refractivity contribution in [2.45, 2.75) is 12.7 Å². The van der Waals surface area contributed by atoms with Crippen LogP contribution in [0.4, 0.5) is 0 Å². The maximum atomic E-state index is 5.66. The smallest absolute Gasteiger partial charge is 0.248 e. The first kappa shape index (κ1) is 14.6. The fraction of sp³-hybridized carbons (Fsp3) is 0.385. The van der Waals surface area contributed by atoms with Gasteiger partial charge in [0.2, 0.25) is 11.8 Å². The maximum Gasteiger partial charge on any atom is 0.248 e. The van der Waals surface area contributed by atoms with Crippen LogP contribution in [0.1, 0.15) is 12.8 Å². The molecule has 4 nitrogen and oxygen atoms in total. The highest BCUT2D eigenvalue weighted by atomic mass is 79.9. The summed E-state index contributed by atoms with van der Waals surface area (Å²) in [7, 11) is 0. The Balaban J connectivity index is 1.98. The number of thioether (sulfide) groups is 1. The Morgan fingerprint density at radius 3 is 2.89 bits per heavy atom. The summed E-state index contributed by atoms with van der Waals surface area (Å²) in [5, 5.41) is 8.15. The summed E-state index contributed by atoms with van der Waals surface area (Å²) in [6.07, 6.45) is 0. The third kappa shape index (κ3) is 4.06. The summed E-state index contributed by atoms with van der Waals surface area (Å²) in [6.45, 7) is 2.84. The number of benzene rings is 1. The average Bonchev–Trinajstić information content (AvgIpc) is 2.87. The summed E-state index contributed by atoms with van der Waals surface area (Å²) in [5.74, 6) is 3.44. The second-order valence-corrected chi connectivity index (χ2v) is 6.22. The molecule has 0 aliphatic heterocycles. The highest BCUT2D eigenvalue weighted by molar-refractivity contribution is 9.10. The molecule has 2 N–H and O–H groups in total. The van der Waals surface area contributed by atoms with Crippen LogP contribution < -0.4 is 5.73 Å². The Morgan fingerprint density at radius 2 is 2.16 bits per heavy atom. The normalized spacial score (nSPS) is 12.6. The number of rotatable bonds is 6. The topological polar surface area (TPSA) is 64.9 Å². The third-order valence-corrected chi connectivity index (χ3v) is 4.55. The molecule has 0 bridgehead atoms. The van der Waals surface area contributed by atoms with Crippen molar-refractivity contribution in [1.82, 2.24) is 10.2 Å². The number of hydrogen-bond acceptors (Lipinski definition) is 5. The van der Waals surface area contributed by atoms with Gasteiger partial charge in [-0.3, -0.25) is 0 Å². The van der Waals surface area contributed by atoms with Gasteiger partial charge in [-0.15, -0.1) is 10.2 Å². The Bertz CT molecular complexity index is 532. The summed E-state index contributed by atoms with van der Waals surface area (Å²) in [4.78, 5) is 0. The molecule has 0 aliphatic carbocycles. The number of aromatic nitrogens is 2. The zero-order chi connectivity index (χ0) is 13.7. The molecule has 0 saturated carbocycles. The monoisotopic (exact) mass is 341 g/mol. The van der Waals surface area contributed by atoms with Crippen molar-refractivity contribution in [2.24, 2.45) is 11.7 Å². The number of hydrogen-bond donors (Lipinski definition) is 1. The van der Waals surface area contributed by atoms with Crippen LogP contribution >= 0.6 is 27.7 Å². The molecule has 0 radical (unpaired) electrons. The van der Waals surface area contributed by atoms with Crippen LogP contribution in [-0.4, -0.2) is 22.5 Å². The van der Waals surface area contributed by atoms with Crippen molar-refractivity contribution in [3.8, 4) is 11.5 Å².